The summed E-state index contributed by atoms with van der Waals surface area (Å²) in [5, 5.41) is 38.1. The first kappa shape index (κ1) is 58.5. The van der Waals surface area contributed by atoms with Crippen LogP contribution < -0.4 is 37.6 Å². The fourth-order valence-electron chi connectivity index (χ4n) is 9.08. The molecule has 2 aromatic carbocycles. The number of ether oxygens (including phenoxy) is 1. The highest BCUT2D eigenvalue weighted by Gasteiger charge is 2.46. The van der Waals surface area contributed by atoms with Crippen LogP contribution in [0.2, 0.25) is 0 Å². The second kappa shape index (κ2) is 27.2. The lowest BCUT2D eigenvalue weighted by Gasteiger charge is -2.43. The average Bonchev–Trinajstić information content (AvgIpc) is 3.78. The van der Waals surface area contributed by atoms with E-state index < -0.39 is 145 Å². The molecule has 0 radical (unpaired) electrons. The van der Waals surface area contributed by atoms with Crippen LogP contribution in [-0.2, 0) is 65.5 Å². The zero-order valence-electron chi connectivity index (χ0n) is 43.3. The van der Waals surface area contributed by atoms with Crippen molar-refractivity contribution >= 4 is 70.0 Å². The zero-order valence-corrected chi connectivity index (χ0v) is 43.3. The summed E-state index contributed by atoms with van der Waals surface area (Å²) in [7, 11) is 1.37. The summed E-state index contributed by atoms with van der Waals surface area (Å²) < 4.78 is 5.86. The first-order valence-corrected chi connectivity index (χ1v) is 25.4. The predicted octanol–water partition coefficient (Wildman–Crippen LogP) is -0.542. The molecule has 2 bridgehead atoms. The van der Waals surface area contributed by atoms with Crippen molar-refractivity contribution in [3.63, 3.8) is 0 Å². The zero-order chi connectivity index (χ0) is 55.1. The number of para-hydroxylation sites is 1. The van der Waals surface area contributed by atoms with Crippen molar-refractivity contribution in [3.8, 4) is 0 Å². The summed E-state index contributed by atoms with van der Waals surface area (Å²) in [5.41, 5.74) is 7.41. The number of cyclic esters (lactones) is 1. The maximum absolute atomic E-state index is 15.2. The number of amides is 9. The number of nitrogens with one attached hydrogen (secondary N) is 7. The Balaban J connectivity index is 1.58. The lowest BCUT2D eigenvalue weighted by Crippen LogP contribution is -2.65. The number of hydrogen-bond donors (Lipinski definition) is 10. The van der Waals surface area contributed by atoms with E-state index in [1.807, 2.05) is 25.1 Å². The van der Waals surface area contributed by atoms with Crippen LogP contribution in [0.5, 0.6) is 0 Å². The Kier molecular flexibility index (Phi) is 21.2. The number of nitrogens with two attached hydrogens (primary N) is 1. The molecule has 3 heterocycles. The van der Waals surface area contributed by atoms with Gasteiger partial charge >= 0.3 is 5.97 Å². The van der Waals surface area contributed by atoms with Crippen LogP contribution in [0.4, 0.5) is 0 Å². The average molecular weight is 1050 g/mol. The van der Waals surface area contributed by atoms with E-state index in [0.717, 1.165) is 33.5 Å². The van der Waals surface area contributed by atoms with Crippen molar-refractivity contribution in [1.29, 1.82) is 0 Å². The molecule has 0 saturated carbocycles. The van der Waals surface area contributed by atoms with Crippen LogP contribution in [0.25, 0.3) is 10.9 Å². The van der Waals surface area contributed by atoms with Crippen molar-refractivity contribution < 1.29 is 62.9 Å². The Morgan fingerprint density at radius 2 is 1.52 bits per heavy atom. The number of carbonyl (C=O) groups excluding carboxylic acids is 10. The third kappa shape index (κ3) is 15.8. The van der Waals surface area contributed by atoms with Gasteiger partial charge in [0.2, 0.25) is 53.2 Å². The number of hydrogen-bond acceptors (Lipinski definition) is 13. The Bertz CT molecular complexity index is 2540. The van der Waals surface area contributed by atoms with E-state index in [1.165, 1.54) is 20.9 Å². The van der Waals surface area contributed by atoms with Crippen LogP contribution in [-0.4, -0.2) is 158 Å². The van der Waals surface area contributed by atoms with Gasteiger partial charge in [-0.25, -0.2) is 4.79 Å². The van der Waals surface area contributed by atoms with Gasteiger partial charge in [-0.15, -0.1) is 0 Å². The molecule has 0 aliphatic carbocycles. The Hall–Kier alpha value is -7.40. The third-order valence-corrected chi connectivity index (χ3v) is 13.4. The molecule has 2 saturated heterocycles. The number of piperidine rings is 1. The molecule has 10 atom stereocenters. The van der Waals surface area contributed by atoms with E-state index in [-0.39, 0.29) is 32.1 Å². The number of aromatic nitrogens is 1. The lowest BCUT2D eigenvalue weighted by atomic mass is 9.95. The number of rotatable bonds is 18. The number of aromatic amines is 1. The highest BCUT2D eigenvalue weighted by molar-refractivity contribution is 5.99. The minimum atomic E-state index is -1.92. The molecular weight excluding hydrogens is 973 g/mol. The van der Waals surface area contributed by atoms with Gasteiger partial charge in [0, 0.05) is 49.8 Å². The first-order valence-electron chi connectivity index (χ1n) is 25.4. The number of unbranched alkanes of at least 4 members (excludes halogenated alkanes) is 2. The van der Waals surface area contributed by atoms with E-state index in [0.29, 0.717) is 17.5 Å². The summed E-state index contributed by atoms with van der Waals surface area (Å²) in [4.78, 5) is 145. The van der Waals surface area contributed by atoms with Gasteiger partial charge in [-0.2, -0.15) is 0 Å². The third-order valence-electron chi connectivity index (χ3n) is 13.4. The Morgan fingerprint density at radius 1 is 0.827 bits per heavy atom. The highest BCUT2D eigenvalue weighted by atomic mass is 16.5. The maximum atomic E-state index is 15.2. The second-order valence-electron chi connectivity index (χ2n) is 19.5. The first-order chi connectivity index (χ1) is 35.6. The van der Waals surface area contributed by atoms with Crippen LogP contribution in [0.3, 0.4) is 0 Å². The summed E-state index contributed by atoms with van der Waals surface area (Å²) in [6.07, 6.45) is -2.15. The summed E-state index contributed by atoms with van der Waals surface area (Å²) in [6, 6.07) is 4.85. The number of esters is 1. The molecule has 1 aromatic heterocycles. The van der Waals surface area contributed by atoms with Gasteiger partial charge < -0.3 is 67.4 Å². The van der Waals surface area contributed by atoms with Crippen LogP contribution >= 0.6 is 0 Å². The van der Waals surface area contributed by atoms with Gasteiger partial charge in [0.1, 0.15) is 54.6 Å². The molecule has 75 heavy (non-hydrogen) atoms. The van der Waals surface area contributed by atoms with E-state index in [4.69, 9.17) is 10.5 Å². The molecule has 11 N–H and O–H groups in total. The molecule has 2 aliphatic rings. The van der Waals surface area contributed by atoms with Crippen LogP contribution in [0.1, 0.15) is 97.1 Å². The van der Waals surface area contributed by atoms with Crippen LogP contribution in [0.15, 0.2) is 60.8 Å². The molecule has 5 rings (SSSR count). The number of aliphatic hydroxyl groups excluding tert-OH is 2. The minimum absolute atomic E-state index is 0.116. The second-order valence-corrected chi connectivity index (χ2v) is 19.5. The lowest BCUT2D eigenvalue weighted by molar-refractivity contribution is -0.165. The standard InChI is InChI=1S/C52H72N10O13/c1-7-8-10-19-40(65)55-27-41(66)58-44(29(4)63)48(70)60-45-30(5)75-52(74)43(28(2)3)59-47(69)37(25-32-26-54-34-18-14-13-17-33(32)34)61(6)51(73)38(24-31-15-11-9-12-16-31)62-42(67)23-21-36(50(62)72)57-46(68)35(56-49(45)71)20-22-39(53)64/h9,11-18,26,28-30,35-38,42-45,54,63,67H,7-8,10,19-25,27H2,1-6H3,(H2,53,64)(H,55,65)(H,56,71)(H,57,68)(H,58,66)(H,59,69)(H,60,70)/t29-,30-,35+,36?,37?,38+,42-,43+,44?,45?/m1/s1. The Morgan fingerprint density at radius 3 is 2.19 bits per heavy atom. The largest absolute Gasteiger partial charge is 0.458 e. The molecule has 23 nitrogen and oxygen atoms in total. The molecule has 23 heteroatoms. The number of carbonyl (C=O) groups is 10. The van der Waals surface area contributed by atoms with Gasteiger partial charge in [0.05, 0.1) is 12.6 Å². The van der Waals surface area contributed by atoms with Gasteiger partial charge in [0.15, 0.2) is 0 Å². The molecular formula is C52H72N10O13. The number of nitrogens with zero attached hydrogens (tertiary/aromatic N) is 2. The van der Waals surface area contributed by atoms with E-state index in [9.17, 15) is 53.4 Å². The van der Waals surface area contributed by atoms with Gasteiger partial charge in [0.25, 0.3) is 0 Å². The quantitative estimate of drug-likeness (QED) is 0.0566. The van der Waals surface area contributed by atoms with Crippen molar-refractivity contribution in [2.45, 2.75) is 160 Å². The monoisotopic (exact) mass is 1040 g/mol. The van der Waals surface area contributed by atoms with Crippen molar-refractivity contribution in [2.24, 2.45) is 11.7 Å². The molecule has 2 aliphatic heterocycles. The smallest absolute Gasteiger partial charge is 0.329 e. The number of aliphatic hydroxyl groups is 2. The SMILES string of the molecule is CCCCCC(=O)NCC(=O)NC(C(=O)NC1C(=O)N[C@@H](CCC(N)=O)C(=O)NC2CC[C@@H](O)N(C2=O)[C@@H](Cc2ccccc2)C(=O)N(C)C(Cc2c[nH]c3ccccc23)C(=O)N[C@@H](C(C)C)C(=O)O[C@@H]1C)[C@@H](C)O. The number of likely N-dealkylation sites (N-methyl/N-ethyl adjacent to an activating group) is 1. The molecule has 3 aromatic rings. The van der Waals surface area contributed by atoms with Crippen LogP contribution in [0, 0.1) is 5.92 Å². The van der Waals surface area contributed by atoms with Crippen molar-refractivity contribution in [1.82, 2.24) is 46.7 Å². The fourth-order valence-corrected chi connectivity index (χ4v) is 9.08. The summed E-state index contributed by atoms with van der Waals surface area (Å²) in [5.74, 6) is -9.76. The number of fused-ring (bicyclic) bond motifs is 3. The summed E-state index contributed by atoms with van der Waals surface area (Å²) >= 11 is 0. The van der Waals surface area contributed by atoms with Crippen molar-refractivity contribution in [2.75, 3.05) is 13.6 Å². The van der Waals surface area contributed by atoms with E-state index >= 15 is 4.79 Å². The van der Waals surface area contributed by atoms with Gasteiger partial charge in [-0.3, -0.25) is 43.2 Å². The van der Waals surface area contributed by atoms with E-state index in [2.05, 4.69) is 36.9 Å². The molecule has 4 unspecified atom stereocenters. The molecule has 408 valence electrons. The maximum Gasteiger partial charge on any atom is 0.329 e. The van der Waals surface area contributed by atoms with Gasteiger partial charge in [-0.05, 0) is 62.6 Å². The fraction of sp³-hybridized carbons (Fsp3) is 0.538. The normalized spacial score (nSPS) is 24.1. The summed E-state index contributed by atoms with van der Waals surface area (Å²) in [6.45, 7) is 7.01. The predicted molar refractivity (Wildman–Crippen MR) is 272 cm³/mol. The minimum Gasteiger partial charge on any atom is -0.458 e. The topological polar surface area (TPSA) is 341 Å². The van der Waals surface area contributed by atoms with E-state index in [1.54, 1.807) is 56.4 Å². The van der Waals surface area contributed by atoms with Crippen molar-refractivity contribution in [3.05, 3.63) is 71.9 Å². The molecule has 9 amide bonds. The highest BCUT2D eigenvalue weighted by Crippen LogP contribution is 2.27. The molecule has 0 spiro atoms. The number of primary amides is 1. The molecule has 2 fully saturated rings. The number of benzene rings is 2. The number of H-pyrrole nitrogens is 1. The Labute approximate surface area is 435 Å². The van der Waals surface area contributed by atoms with Gasteiger partial charge in [-0.1, -0.05) is 82.1 Å².